The van der Waals surface area contributed by atoms with Crippen LogP contribution in [0.25, 0.3) is 0 Å². The van der Waals surface area contributed by atoms with Crippen LogP contribution in [0.5, 0.6) is 11.5 Å². The number of hydrogen-bond acceptors (Lipinski definition) is 4. The molecular weight excluding hydrogens is 437 g/mol. The second kappa shape index (κ2) is 8.61. The molecule has 2 aromatic carbocycles. The Balaban J connectivity index is 2.07. The van der Waals surface area contributed by atoms with Gasteiger partial charge in [-0.25, -0.2) is 8.78 Å². The number of amides is 2. The molecule has 1 aromatic heterocycles. The Bertz CT molecular complexity index is 1210. The summed E-state index contributed by atoms with van der Waals surface area (Å²) in [7, 11) is 0. The van der Waals surface area contributed by atoms with Crippen LogP contribution in [0.1, 0.15) is 32.0 Å². The molecule has 2 amide bonds. The summed E-state index contributed by atoms with van der Waals surface area (Å²) < 4.78 is 73.3. The van der Waals surface area contributed by atoms with E-state index in [9.17, 15) is 31.5 Å². The van der Waals surface area contributed by atoms with Gasteiger partial charge in [-0.3, -0.25) is 14.6 Å². The van der Waals surface area contributed by atoms with Gasteiger partial charge in [-0.05, 0) is 55.0 Å². The first-order chi connectivity index (χ1) is 15.0. The van der Waals surface area contributed by atoms with Gasteiger partial charge >= 0.3 is 6.18 Å². The second-order valence-electron chi connectivity index (χ2n) is 6.56. The van der Waals surface area contributed by atoms with Gasteiger partial charge in [0, 0.05) is 11.9 Å². The SMILES string of the molecule is Cc1cc(F)ccc1Oc1ccc(C(F)(F)F)c(F)c1C(=O)Nc1ccnc(C(N)=O)c1. The first-order valence-electron chi connectivity index (χ1n) is 8.88. The molecule has 0 fully saturated rings. The van der Waals surface area contributed by atoms with Gasteiger partial charge in [0.1, 0.15) is 28.6 Å². The number of nitrogens with zero attached hydrogens (tertiary/aromatic N) is 1. The number of nitrogens with two attached hydrogens (primary N) is 1. The standard InChI is InChI=1S/C21H14F5N3O3/c1-10-8-11(22)2-4-15(10)32-16-5-3-13(21(24,25)26)18(23)17(16)20(31)29-12-6-7-28-14(9-12)19(27)30/h2-9H,1H3,(H2,27,30)(H,28,29,31). The highest BCUT2D eigenvalue weighted by Crippen LogP contribution is 2.38. The number of ether oxygens (including phenoxy) is 1. The van der Waals surface area contributed by atoms with Gasteiger partial charge < -0.3 is 15.8 Å². The normalized spacial score (nSPS) is 11.2. The number of halogens is 5. The molecule has 11 heteroatoms. The molecule has 0 radical (unpaired) electrons. The van der Waals surface area contributed by atoms with Crippen molar-refractivity contribution in [2.75, 3.05) is 5.32 Å². The third-order valence-electron chi connectivity index (χ3n) is 4.26. The monoisotopic (exact) mass is 451 g/mol. The molecule has 0 atom stereocenters. The molecule has 0 aliphatic carbocycles. The zero-order valence-electron chi connectivity index (χ0n) is 16.3. The van der Waals surface area contributed by atoms with Gasteiger partial charge in [0.2, 0.25) is 0 Å². The van der Waals surface area contributed by atoms with E-state index in [1.54, 1.807) is 0 Å². The first kappa shape index (κ1) is 22.7. The van der Waals surface area contributed by atoms with E-state index in [-0.39, 0.29) is 22.7 Å². The summed E-state index contributed by atoms with van der Waals surface area (Å²) in [5.41, 5.74) is 2.34. The Morgan fingerprint density at radius 3 is 2.34 bits per heavy atom. The Kier molecular flexibility index (Phi) is 6.10. The number of carbonyl (C=O) groups excluding carboxylic acids is 2. The highest BCUT2D eigenvalue weighted by molar-refractivity contribution is 6.07. The molecule has 0 unspecified atom stereocenters. The van der Waals surface area contributed by atoms with E-state index >= 15 is 0 Å². The lowest BCUT2D eigenvalue weighted by Gasteiger charge is -2.17. The minimum Gasteiger partial charge on any atom is -0.456 e. The molecule has 0 aliphatic rings. The maximum Gasteiger partial charge on any atom is 0.419 e. The van der Waals surface area contributed by atoms with Crippen LogP contribution >= 0.6 is 0 Å². The van der Waals surface area contributed by atoms with Crippen molar-refractivity contribution in [2.45, 2.75) is 13.1 Å². The van der Waals surface area contributed by atoms with Gasteiger partial charge in [0.25, 0.3) is 11.8 Å². The fourth-order valence-corrected chi connectivity index (χ4v) is 2.76. The number of hydrogen-bond donors (Lipinski definition) is 2. The topological polar surface area (TPSA) is 94.3 Å². The number of nitrogens with one attached hydrogen (secondary N) is 1. The molecule has 3 N–H and O–H groups in total. The number of carbonyl (C=O) groups is 2. The van der Waals surface area contributed by atoms with Crippen LogP contribution in [-0.2, 0) is 6.18 Å². The third-order valence-corrected chi connectivity index (χ3v) is 4.26. The molecular formula is C21H14F5N3O3. The van der Waals surface area contributed by atoms with Crippen molar-refractivity contribution in [2.24, 2.45) is 5.73 Å². The first-order valence-corrected chi connectivity index (χ1v) is 8.88. The van der Waals surface area contributed by atoms with Crippen LogP contribution in [0.3, 0.4) is 0 Å². The smallest absolute Gasteiger partial charge is 0.419 e. The van der Waals surface area contributed by atoms with Crippen LogP contribution in [0.15, 0.2) is 48.7 Å². The van der Waals surface area contributed by atoms with Crippen molar-refractivity contribution >= 4 is 17.5 Å². The summed E-state index contributed by atoms with van der Waals surface area (Å²) in [5.74, 6) is -5.19. The van der Waals surface area contributed by atoms with Crippen LogP contribution < -0.4 is 15.8 Å². The number of aromatic nitrogens is 1. The number of alkyl halides is 3. The van der Waals surface area contributed by atoms with E-state index in [1.165, 1.54) is 19.1 Å². The predicted molar refractivity (Wildman–Crippen MR) is 103 cm³/mol. The van der Waals surface area contributed by atoms with E-state index in [4.69, 9.17) is 10.5 Å². The largest absolute Gasteiger partial charge is 0.456 e. The molecule has 0 saturated heterocycles. The molecule has 0 spiro atoms. The Morgan fingerprint density at radius 1 is 1.03 bits per heavy atom. The van der Waals surface area contributed by atoms with E-state index in [1.807, 2.05) is 0 Å². The number of aryl methyl sites for hydroxylation is 1. The van der Waals surface area contributed by atoms with Crippen molar-refractivity contribution in [1.29, 1.82) is 0 Å². The van der Waals surface area contributed by atoms with Crippen molar-refractivity contribution in [3.63, 3.8) is 0 Å². The molecule has 0 bridgehead atoms. The number of benzene rings is 2. The fourth-order valence-electron chi connectivity index (χ4n) is 2.76. The lowest BCUT2D eigenvalue weighted by Crippen LogP contribution is -2.19. The quantitative estimate of drug-likeness (QED) is 0.544. The zero-order valence-corrected chi connectivity index (χ0v) is 16.3. The molecule has 1 heterocycles. The summed E-state index contributed by atoms with van der Waals surface area (Å²) in [6.45, 7) is 1.46. The Hall–Kier alpha value is -4.02. The minimum atomic E-state index is -5.08. The number of rotatable bonds is 5. The van der Waals surface area contributed by atoms with E-state index in [0.717, 1.165) is 30.5 Å². The lowest BCUT2D eigenvalue weighted by atomic mass is 10.1. The number of pyridine rings is 1. The summed E-state index contributed by atoms with van der Waals surface area (Å²) in [6, 6.07) is 6.81. The molecule has 0 aliphatic heterocycles. The highest BCUT2D eigenvalue weighted by atomic mass is 19.4. The van der Waals surface area contributed by atoms with Gasteiger partial charge in [0.05, 0.1) is 5.56 Å². The maximum atomic E-state index is 14.8. The highest BCUT2D eigenvalue weighted by Gasteiger charge is 2.37. The summed E-state index contributed by atoms with van der Waals surface area (Å²) in [5, 5.41) is 2.19. The van der Waals surface area contributed by atoms with Crippen LogP contribution in [0, 0.1) is 18.6 Å². The average Bonchev–Trinajstić information content (AvgIpc) is 2.69. The Morgan fingerprint density at radius 2 is 1.72 bits per heavy atom. The van der Waals surface area contributed by atoms with Gasteiger partial charge in [-0.2, -0.15) is 13.2 Å². The fraction of sp³-hybridized carbons (Fsp3) is 0.0952. The van der Waals surface area contributed by atoms with Crippen LogP contribution in [-0.4, -0.2) is 16.8 Å². The summed E-state index contributed by atoms with van der Waals surface area (Å²) >= 11 is 0. The van der Waals surface area contributed by atoms with Gasteiger partial charge in [-0.1, -0.05) is 0 Å². The number of anilines is 1. The van der Waals surface area contributed by atoms with E-state index in [2.05, 4.69) is 10.3 Å². The molecule has 3 rings (SSSR count). The molecule has 0 saturated carbocycles. The van der Waals surface area contributed by atoms with Crippen LogP contribution in [0.2, 0.25) is 0 Å². The van der Waals surface area contributed by atoms with Crippen molar-refractivity contribution in [1.82, 2.24) is 4.98 Å². The van der Waals surface area contributed by atoms with E-state index in [0.29, 0.717) is 6.07 Å². The summed E-state index contributed by atoms with van der Waals surface area (Å²) in [6.07, 6.45) is -3.96. The Labute approximate surface area is 177 Å². The van der Waals surface area contributed by atoms with Crippen LogP contribution in [0.4, 0.5) is 27.6 Å². The second-order valence-corrected chi connectivity index (χ2v) is 6.56. The van der Waals surface area contributed by atoms with Gasteiger partial charge in [-0.15, -0.1) is 0 Å². The van der Waals surface area contributed by atoms with Gasteiger partial charge in [0.15, 0.2) is 5.82 Å². The van der Waals surface area contributed by atoms with E-state index < -0.39 is 46.5 Å². The zero-order chi connectivity index (χ0) is 23.6. The predicted octanol–water partition coefficient (Wildman–Crippen LogP) is 4.83. The molecule has 6 nitrogen and oxygen atoms in total. The molecule has 32 heavy (non-hydrogen) atoms. The van der Waals surface area contributed by atoms with Crippen molar-refractivity contribution in [3.05, 3.63) is 82.7 Å². The lowest BCUT2D eigenvalue weighted by molar-refractivity contribution is -0.140. The maximum absolute atomic E-state index is 14.8. The number of primary amides is 1. The molecule has 166 valence electrons. The summed E-state index contributed by atoms with van der Waals surface area (Å²) in [4.78, 5) is 27.7. The minimum absolute atomic E-state index is 0.000431. The third kappa shape index (κ3) is 4.82. The average molecular weight is 451 g/mol. The van der Waals surface area contributed by atoms with Crippen molar-refractivity contribution in [3.8, 4) is 11.5 Å². The molecule has 3 aromatic rings. The van der Waals surface area contributed by atoms with Crippen molar-refractivity contribution < 1.29 is 36.3 Å².